The van der Waals surface area contributed by atoms with Gasteiger partial charge in [0.05, 0.1) is 22.7 Å². The summed E-state index contributed by atoms with van der Waals surface area (Å²) in [5, 5.41) is 0. The summed E-state index contributed by atoms with van der Waals surface area (Å²) >= 11 is 0. The number of para-hydroxylation sites is 8. The van der Waals surface area contributed by atoms with Crippen molar-refractivity contribution in [3.63, 3.8) is 0 Å². The van der Waals surface area contributed by atoms with Crippen LogP contribution in [0.15, 0.2) is 237 Å². The van der Waals surface area contributed by atoms with Crippen LogP contribution in [-0.4, -0.2) is 83.6 Å². The fraction of sp³-hybridized carbons (Fsp3) is 0.247. The van der Waals surface area contributed by atoms with Crippen LogP contribution >= 0.6 is 0 Å². The van der Waals surface area contributed by atoms with E-state index in [4.69, 9.17) is 16.4 Å². The lowest BCUT2D eigenvalue weighted by atomic mass is 10.1. The standard InChI is InChI=1S/C19H18N4.C16H18N2.2C15H17N3.C12H16N2/c1-14-8-6-7-11-17(14)23-15(2)22(16-9-4-3-5-10-16)18-19(23)21-13-12-20-18;1-12-8-4-5-9-14(12)18-13(2)17(3)15-10-6-7-11-16(15)18;1-11-7-4-5-8-13(11)18-12(2)17(3)15-14(18)9-6-10-16-15;1-11-7-4-5-8-13(11)18-12(2)17(3)14-9-6-10-16-15(14)18;1-10-6-4-5-7-12(10)14-9-8-13(3)11(14)2/h3-13,15H,1-2H3;4-11,13H,1-3H3;2*4-10,12H,1-3H3;4-9,11H,1-3H3/i;4*3D3. The minimum atomic E-state index is -2.22. The molecule has 464 valence electrons. The van der Waals surface area contributed by atoms with E-state index in [-0.39, 0.29) is 30.8 Å². The van der Waals surface area contributed by atoms with E-state index in [1.54, 1.807) is 37.1 Å². The molecule has 14 heteroatoms. The maximum atomic E-state index is 7.83. The second-order valence-electron chi connectivity index (χ2n) is 22.9. The fourth-order valence-corrected chi connectivity index (χ4v) is 12.2. The van der Waals surface area contributed by atoms with Gasteiger partial charge >= 0.3 is 0 Å². The second-order valence-corrected chi connectivity index (χ2v) is 22.9. The predicted molar refractivity (Wildman–Crippen MR) is 382 cm³/mol. The summed E-state index contributed by atoms with van der Waals surface area (Å²) in [5.41, 5.74) is 15.2. The monoisotopic (exact) mass is 1220 g/mol. The maximum absolute atomic E-state index is 7.83. The van der Waals surface area contributed by atoms with E-state index in [0.717, 1.165) is 79.4 Å². The van der Waals surface area contributed by atoms with Gasteiger partial charge in [0.15, 0.2) is 23.3 Å². The predicted octanol–water partition coefficient (Wildman–Crippen LogP) is 17.6. The Morgan fingerprint density at radius 2 is 0.648 bits per heavy atom. The molecule has 5 unspecified atom stereocenters. The molecule has 91 heavy (non-hydrogen) atoms. The number of pyridine rings is 2. The van der Waals surface area contributed by atoms with Crippen molar-refractivity contribution in [1.29, 1.82) is 0 Å². The first-order chi connectivity index (χ1) is 48.9. The van der Waals surface area contributed by atoms with Gasteiger partial charge in [0.2, 0.25) is 0 Å². The number of hydrogen-bond acceptors (Lipinski definition) is 14. The zero-order valence-corrected chi connectivity index (χ0v) is 53.2. The first-order valence-corrected chi connectivity index (χ1v) is 30.6. The minimum absolute atomic E-state index is 0.107. The summed E-state index contributed by atoms with van der Waals surface area (Å²) in [5.74, 6) is 3.00. The number of aryl methyl sites for hydroxylation is 5. The maximum Gasteiger partial charge on any atom is 0.178 e. The van der Waals surface area contributed by atoms with E-state index in [1.165, 1.54) is 30.9 Å². The Hall–Kier alpha value is -10.3. The van der Waals surface area contributed by atoms with Crippen LogP contribution in [0.5, 0.6) is 0 Å². The Morgan fingerprint density at radius 1 is 0.275 bits per heavy atom. The smallest absolute Gasteiger partial charge is 0.178 e. The van der Waals surface area contributed by atoms with Crippen molar-refractivity contribution in [3.8, 4) is 0 Å². The average Bonchev–Trinajstić information content (AvgIpc) is 1.62. The molecule has 0 bridgehead atoms. The van der Waals surface area contributed by atoms with Crippen LogP contribution < -0.4 is 44.1 Å². The molecule has 0 radical (unpaired) electrons. The molecule has 15 rings (SSSR count). The highest BCUT2D eigenvalue weighted by Crippen LogP contribution is 2.48. The van der Waals surface area contributed by atoms with Gasteiger partial charge in [-0.2, -0.15) is 0 Å². The summed E-state index contributed by atoms with van der Waals surface area (Å²) in [6, 6.07) is 65.6. The summed E-state index contributed by atoms with van der Waals surface area (Å²) in [4.78, 5) is 36.2. The molecule has 0 spiro atoms. The first kappa shape index (κ1) is 48.6. The van der Waals surface area contributed by atoms with Gasteiger partial charge in [-0.25, -0.2) is 19.9 Å². The molecular formula is C77H86N14. The van der Waals surface area contributed by atoms with E-state index in [1.807, 2.05) is 222 Å². The van der Waals surface area contributed by atoms with Gasteiger partial charge in [0, 0.05) is 116 Å². The lowest BCUT2D eigenvalue weighted by Gasteiger charge is -2.30. The Morgan fingerprint density at radius 3 is 1.15 bits per heavy atom. The van der Waals surface area contributed by atoms with Crippen LogP contribution in [0.25, 0.3) is 0 Å². The third-order valence-electron chi connectivity index (χ3n) is 17.1. The molecule has 0 saturated heterocycles. The van der Waals surface area contributed by atoms with E-state index in [0.29, 0.717) is 17.3 Å². The van der Waals surface area contributed by atoms with Crippen molar-refractivity contribution in [2.75, 3.05) is 72.0 Å². The number of aromatic nitrogens is 4. The van der Waals surface area contributed by atoms with Gasteiger partial charge in [-0.1, -0.05) is 121 Å². The van der Waals surface area contributed by atoms with Crippen molar-refractivity contribution in [1.82, 2.24) is 24.8 Å². The Bertz CT molecular complexity index is 4330. The summed E-state index contributed by atoms with van der Waals surface area (Å²) < 4.78 is 92.6. The highest BCUT2D eigenvalue weighted by atomic mass is 15.5. The van der Waals surface area contributed by atoms with Crippen molar-refractivity contribution in [2.24, 2.45) is 0 Å². The third-order valence-corrected chi connectivity index (χ3v) is 17.1. The Labute approximate surface area is 556 Å². The Kier molecular flexibility index (Phi) is 14.5. The van der Waals surface area contributed by atoms with E-state index in [2.05, 4.69) is 97.0 Å². The quantitative estimate of drug-likeness (QED) is 0.158. The molecule has 0 amide bonds. The second kappa shape index (κ2) is 27.2. The molecule has 3 aromatic heterocycles. The molecule has 14 nitrogen and oxygen atoms in total. The molecule has 7 aromatic carbocycles. The number of nitrogens with zero attached hydrogens (tertiary/aromatic N) is 14. The number of fused-ring (bicyclic) bond motifs is 4. The molecule has 10 aromatic rings. The van der Waals surface area contributed by atoms with Crippen LogP contribution in [0.2, 0.25) is 0 Å². The molecule has 0 saturated carbocycles. The normalized spacial score (nSPS) is 20.6. The molecule has 0 N–H and O–H groups in total. The SMILES string of the molecule is Cc1ccccc1N1c2nccnc2N(c2ccccc2)C1C.[2H]C([2H])([2H])N1C=CN(c2ccccc2C)C1C.[2H]C([2H])([2H])N1c2ccccc2N(c2ccccc2C)C1C.[2H]C([2H])([2H])N1c2cccnc2N(c2ccccc2C)C1C.[2H]C([2H])([2H])N1c2ncccc2N(c2ccccc2C)C1C. The largest absolute Gasteiger partial charge is 0.359 e. The number of benzene rings is 7. The van der Waals surface area contributed by atoms with Crippen LogP contribution in [-0.2, 0) is 0 Å². The highest BCUT2D eigenvalue weighted by Gasteiger charge is 2.39. The van der Waals surface area contributed by atoms with Crippen LogP contribution in [0.4, 0.5) is 80.1 Å². The first-order valence-electron chi connectivity index (χ1n) is 36.6. The van der Waals surface area contributed by atoms with Crippen molar-refractivity contribution < 1.29 is 16.4 Å². The number of rotatable bonds is 6. The summed E-state index contributed by atoms with van der Waals surface area (Å²) in [7, 11) is 0. The Balaban J connectivity index is 0.000000130. The van der Waals surface area contributed by atoms with Crippen molar-refractivity contribution >= 4 is 80.1 Å². The average molecular weight is 1220 g/mol. The third kappa shape index (κ3) is 12.3. The van der Waals surface area contributed by atoms with Gasteiger partial charge in [-0.15, -0.1) is 0 Å². The van der Waals surface area contributed by atoms with Gasteiger partial charge in [-0.05, 0) is 176 Å². The van der Waals surface area contributed by atoms with E-state index >= 15 is 0 Å². The van der Waals surface area contributed by atoms with Gasteiger partial charge < -0.3 is 49.0 Å². The highest BCUT2D eigenvalue weighted by molar-refractivity contribution is 5.86. The van der Waals surface area contributed by atoms with E-state index in [9.17, 15) is 0 Å². The zero-order chi connectivity index (χ0) is 74.0. The molecule has 8 heterocycles. The lowest BCUT2D eigenvalue weighted by molar-refractivity contribution is 0.383. The fourth-order valence-electron chi connectivity index (χ4n) is 12.2. The molecule has 5 aliphatic rings. The number of anilines is 14. The molecule has 0 fully saturated rings. The topological polar surface area (TPSA) is 84.0 Å². The van der Waals surface area contributed by atoms with Gasteiger partial charge in [0.1, 0.15) is 30.8 Å². The molecular weight excluding hydrogens is 1120 g/mol. The minimum Gasteiger partial charge on any atom is -0.359 e. The van der Waals surface area contributed by atoms with Crippen LogP contribution in [0.3, 0.4) is 0 Å². The lowest BCUT2D eigenvalue weighted by Crippen LogP contribution is -2.36. The van der Waals surface area contributed by atoms with Crippen molar-refractivity contribution in [2.45, 2.75) is 100 Å². The summed E-state index contributed by atoms with van der Waals surface area (Å²) in [6.07, 6.45) is 9.31. The molecule has 5 aliphatic heterocycles. The van der Waals surface area contributed by atoms with Crippen LogP contribution in [0, 0.1) is 34.6 Å². The molecule has 5 atom stereocenters. The van der Waals surface area contributed by atoms with Crippen LogP contribution in [0.1, 0.15) is 78.9 Å². The summed E-state index contributed by atoms with van der Waals surface area (Å²) in [6.45, 7) is 11.3. The molecule has 0 aliphatic carbocycles. The zero-order valence-electron chi connectivity index (χ0n) is 65.2. The number of hydrogen-bond donors (Lipinski definition) is 0. The van der Waals surface area contributed by atoms with E-state index < -0.39 is 27.9 Å². The van der Waals surface area contributed by atoms with Gasteiger partial charge in [-0.3, -0.25) is 0 Å². The van der Waals surface area contributed by atoms with Crippen molar-refractivity contribution in [3.05, 3.63) is 265 Å². The van der Waals surface area contributed by atoms with Gasteiger partial charge in [0.25, 0.3) is 0 Å².